The molecule has 2 heterocycles. The second kappa shape index (κ2) is 10.1. The molecule has 0 aromatic heterocycles. The fraction of sp³-hybridized carbons (Fsp3) is 0.857. The molecular weight excluding hydrogens is 348 g/mol. The van der Waals surface area contributed by atoms with Crippen LogP contribution < -0.4 is 0 Å². The molecule has 5 heteroatoms. The molecule has 0 amide bonds. The molecule has 2 N–H and O–H groups in total. The van der Waals surface area contributed by atoms with Crippen LogP contribution in [0.5, 0.6) is 0 Å². The smallest absolute Gasteiger partial charge is 0.328 e. The third-order valence-electron chi connectivity index (χ3n) is 6.65. The lowest BCUT2D eigenvalue weighted by molar-refractivity contribution is -0.131. The molecule has 3 rings (SSSR count). The summed E-state index contributed by atoms with van der Waals surface area (Å²) in [5.41, 5.74) is 0. The van der Waals surface area contributed by atoms with Crippen LogP contribution in [0, 0.1) is 17.8 Å². The van der Waals surface area contributed by atoms with Crippen LogP contribution in [0.15, 0.2) is 12.2 Å². The van der Waals surface area contributed by atoms with Gasteiger partial charge in [0.15, 0.2) is 0 Å². The fourth-order valence-corrected chi connectivity index (χ4v) is 6.15. The highest BCUT2D eigenvalue weighted by Crippen LogP contribution is 2.47. The fourth-order valence-electron chi connectivity index (χ4n) is 5.31. The van der Waals surface area contributed by atoms with Gasteiger partial charge in [0.05, 0.1) is 18.3 Å². The van der Waals surface area contributed by atoms with Gasteiger partial charge in [-0.2, -0.15) is 11.8 Å². The molecule has 2 aliphatic heterocycles. The maximum absolute atomic E-state index is 10.6. The quantitative estimate of drug-likeness (QED) is 0.436. The van der Waals surface area contributed by atoms with Gasteiger partial charge in [0, 0.05) is 11.8 Å². The van der Waals surface area contributed by atoms with Crippen LogP contribution >= 0.6 is 11.8 Å². The minimum Gasteiger partial charge on any atom is -0.478 e. The lowest BCUT2D eigenvalue weighted by atomic mass is 9.74. The number of thioether (sulfide) groups is 1. The average Bonchev–Trinajstić information content (AvgIpc) is 3.24. The minimum absolute atomic E-state index is 0.120. The molecule has 26 heavy (non-hydrogen) atoms. The van der Waals surface area contributed by atoms with Crippen molar-refractivity contribution >= 4 is 17.7 Å². The highest BCUT2D eigenvalue weighted by atomic mass is 32.2. The molecule has 3 aliphatic rings. The van der Waals surface area contributed by atoms with E-state index in [1.54, 1.807) is 17.8 Å². The van der Waals surface area contributed by atoms with Crippen molar-refractivity contribution in [1.82, 2.24) is 0 Å². The second-order valence-corrected chi connectivity index (χ2v) is 9.41. The van der Waals surface area contributed by atoms with Gasteiger partial charge in [0.2, 0.25) is 0 Å². The van der Waals surface area contributed by atoms with Gasteiger partial charge in [-0.05, 0) is 68.5 Å². The van der Waals surface area contributed by atoms with Crippen molar-refractivity contribution in [2.45, 2.75) is 82.5 Å². The summed E-state index contributed by atoms with van der Waals surface area (Å²) in [7, 11) is 0. The van der Waals surface area contributed by atoms with Crippen LogP contribution in [0.4, 0.5) is 0 Å². The third kappa shape index (κ3) is 5.49. The van der Waals surface area contributed by atoms with Crippen LogP contribution in [0.25, 0.3) is 0 Å². The van der Waals surface area contributed by atoms with Crippen molar-refractivity contribution in [2.24, 2.45) is 17.8 Å². The van der Waals surface area contributed by atoms with E-state index in [2.05, 4.69) is 0 Å². The topological polar surface area (TPSA) is 66.8 Å². The Morgan fingerprint density at radius 1 is 1.08 bits per heavy atom. The van der Waals surface area contributed by atoms with Crippen molar-refractivity contribution in [2.75, 3.05) is 11.5 Å². The minimum atomic E-state index is -0.872. The Bertz CT molecular complexity index is 475. The summed E-state index contributed by atoms with van der Waals surface area (Å²) in [6, 6.07) is 0. The Hall–Kier alpha value is -0.520. The van der Waals surface area contributed by atoms with E-state index in [9.17, 15) is 9.90 Å². The highest BCUT2D eigenvalue weighted by Gasteiger charge is 2.48. The van der Waals surface area contributed by atoms with Crippen molar-refractivity contribution < 1.29 is 19.7 Å². The van der Waals surface area contributed by atoms with Gasteiger partial charge < -0.3 is 14.9 Å². The summed E-state index contributed by atoms with van der Waals surface area (Å²) in [6.07, 6.45) is 15.6. The number of carboxylic acid groups (broad SMARTS) is 1. The second-order valence-electron chi connectivity index (χ2n) is 8.27. The van der Waals surface area contributed by atoms with Gasteiger partial charge in [-0.25, -0.2) is 4.79 Å². The zero-order valence-electron chi connectivity index (χ0n) is 15.7. The molecular formula is C21H34O4S. The first-order valence-corrected chi connectivity index (χ1v) is 11.6. The van der Waals surface area contributed by atoms with E-state index >= 15 is 0 Å². The predicted molar refractivity (Wildman–Crippen MR) is 105 cm³/mol. The van der Waals surface area contributed by atoms with Gasteiger partial charge in [0.1, 0.15) is 0 Å². The van der Waals surface area contributed by atoms with Crippen molar-refractivity contribution in [1.29, 1.82) is 0 Å². The maximum Gasteiger partial charge on any atom is 0.328 e. The van der Waals surface area contributed by atoms with Gasteiger partial charge in [-0.3, -0.25) is 0 Å². The molecule has 0 aromatic rings. The van der Waals surface area contributed by atoms with E-state index in [4.69, 9.17) is 9.84 Å². The lowest BCUT2D eigenvalue weighted by Gasteiger charge is -2.31. The zero-order valence-corrected chi connectivity index (χ0v) is 16.5. The third-order valence-corrected chi connectivity index (χ3v) is 7.60. The maximum atomic E-state index is 10.6. The first kappa shape index (κ1) is 20.2. The number of hydrogen-bond donors (Lipinski definition) is 2. The summed E-state index contributed by atoms with van der Waals surface area (Å²) >= 11 is 1.80. The van der Waals surface area contributed by atoms with E-state index in [-0.39, 0.29) is 6.10 Å². The van der Waals surface area contributed by atoms with Crippen LogP contribution in [0.1, 0.15) is 64.2 Å². The largest absolute Gasteiger partial charge is 0.478 e. The number of carbonyl (C=O) groups is 1. The van der Waals surface area contributed by atoms with Crippen molar-refractivity contribution in [3.8, 4) is 0 Å². The Morgan fingerprint density at radius 2 is 1.77 bits per heavy atom. The number of ether oxygens (including phenoxy) is 1. The molecule has 1 saturated carbocycles. The predicted octanol–water partition coefficient (Wildman–Crippen LogP) is 4.27. The summed E-state index contributed by atoms with van der Waals surface area (Å²) in [5.74, 6) is 2.72. The molecule has 0 spiro atoms. The Balaban J connectivity index is 1.41. The number of aliphatic carboxylic acids is 1. The molecule has 1 unspecified atom stereocenters. The molecule has 0 radical (unpaired) electrons. The highest BCUT2D eigenvalue weighted by molar-refractivity contribution is 7.99. The average molecular weight is 383 g/mol. The van der Waals surface area contributed by atoms with Crippen LogP contribution in [0.2, 0.25) is 0 Å². The molecule has 2 saturated heterocycles. The Morgan fingerprint density at radius 3 is 2.46 bits per heavy atom. The molecule has 1 aliphatic carbocycles. The summed E-state index contributed by atoms with van der Waals surface area (Å²) in [4.78, 5) is 10.5. The van der Waals surface area contributed by atoms with E-state index in [1.807, 2.05) is 0 Å². The monoisotopic (exact) mass is 382 g/mol. The lowest BCUT2D eigenvalue weighted by Crippen LogP contribution is -2.30. The summed E-state index contributed by atoms with van der Waals surface area (Å²) in [6.45, 7) is 0. The number of fused-ring (bicyclic) bond motifs is 2. The van der Waals surface area contributed by atoms with Gasteiger partial charge in [0.25, 0.3) is 0 Å². The molecule has 148 valence electrons. The van der Waals surface area contributed by atoms with E-state index < -0.39 is 5.97 Å². The van der Waals surface area contributed by atoms with Gasteiger partial charge in [-0.15, -0.1) is 0 Å². The van der Waals surface area contributed by atoms with Crippen LogP contribution in [-0.4, -0.2) is 46.0 Å². The summed E-state index contributed by atoms with van der Waals surface area (Å²) < 4.78 is 6.20. The van der Waals surface area contributed by atoms with Crippen LogP contribution in [-0.2, 0) is 9.53 Å². The van der Waals surface area contributed by atoms with E-state index in [0.717, 1.165) is 30.8 Å². The SMILES string of the molecule is O=C(O)C=CCSCC[C@@H]1[C@H](CCC(O)C2CCCCC2)[C@@H]2CC[C@H]1O2. The number of hydrogen-bond acceptors (Lipinski definition) is 4. The van der Waals surface area contributed by atoms with E-state index in [0.29, 0.717) is 30.0 Å². The standard InChI is InChI=1S/C21H34O4S/c22-18(15-5-2-1-3-6-15)9-8-16-17(20-11-10-19(16)25-20)12-14-26-13-4-7-21(23)24/h4,7,15-20,22H,1-3,5-6,8-14H2,(H,23,24)/t16-,17+,18?,19-,20+/m0/s1. The van der Waals surface area contributed by atoms with Gasteiger partial charge in [-0.1, -0.05) is 25.3 Å². The number of aliphatic hydroxyl groups is 1. The zero-order chi connectivity index (χ0) is 18.4. The number of carboxylic acids is 1. The van der Waals surface area contributed by atoms with Crippen molar-refractivity contribution in [3.63, 3.8) is 0 Å². The first-order chi connectivity index (χ1) is 12.6. The van der Waals surface area contributed by atoms with E-state index in [1.165, 1.54) is 51.0 Å². The molecule has 0 aromatic carbocycles. The molecule has 2 bridgehead atoms. The number of aliphatic hydroxyl groups excluding tert-OH is 1. The number of rotatable bonds is 10. The molecule has 4 nitrogen and oxygen atoms in total. The summed E-state index contributed by atoms with van der Waals surface area (Å²) in [5, 5.41) is 19.2. The van der Waals surface area contributed by atoms with Gasteiger partial charge >= 0.3 is 5.97 Å². The Labute approximate surface area is 161 Å². The van der Waals surface area contributed by atoms with Crippen molar-refractivity contribution in [3.05, 3.63) is 12.2 Å². The first-order valence-electron chi connectivity index (χ1n) is 10.5. The normalized spacial score (nSPS) is 33.1. The molecule has 3 fully saturated rings. The Kier molecular flexibility index (Phi) is 7.89. The van der Waals surface area contributed by atoms with Crippen LogP contribution in [0.3, 0.4) is 0 Å². The molecule has 5 atom stereocenters.